The summed E-state index contributed by atoms with van der Waals surface area (Å²) in [6.45, 7) is 11.1. The maximum absolute atomic E-state index is 11.6. The van der Waals surface area contributed by atoms with Crippen molar-refractivity contribution in [2.45, 2.75) is 0 Å². The molecule has 0 unspecified atom stereocenters. The molecule has 1 aromatic heterocycles. The highest BCUT2D eigenvalue weighted by Gasteiger charge is 2.10. The summed E-state index contributed by atoms with van der Waals surface area (Å²) in [5.41, 5.74) is 5.34. The number of carbonyl (C=O) groups excluding carboxylic acids is 1. The van der Waals surface area contributed by atoms with Crippen LogP contribution in [0.25, 0.3) is 27.6 Å². The molecule has 0 spiro atoms. The topological polar surface area (TPSA) is 54.9 Å². The largest absolute Gasteiger partial charge is 0.323 e. The summed E-state index contributed by atoms with van der Waals surface area (Å²) in [5.74, 6) is -0.254. The number of allylic oxidation sites excluding steroid dienone is 4. The predicted molar refractivity (Wildman–Crippen MR) is 114 cm³/mol. The lowest BCUT2D eigenvalue weighted by Crippen LogP contribution is -2.07. The Morgan fingerprint density at radius 2 is 1.96 bits per heavy atom. The maximum Gasteiger partial charge on any atom is 0.247 e. The lowest BCUT2D eigenvalue weighted by atomic mass is 9.95. The fourth-order valence-electron chi connectivity index (χ4n) is 2.86. The zero-order chi connectivity index (χ0) is 19.2. The summed E-state index contributed by atoms with van der Waals surface area (Å²) in [7, 11) is 0. The van der Waals surface area contributed by atoms with Gasteiger partial charge in [-0.25, -0.2) is 9.97 Å². The van der Waals surface area contributed by atoms with Gasteiger partial charge in [0.1, 0.15) is 6.33 Å². The molecule has 0 fully saturated rings. The van der Waals surface area contributed by atoms with E-state index in [-0.39, 0.29) is 7.33 Å². The van der Waals surface area contributed by atoms with E-state index in [0.29, 0.717) is 5.69 Å². The summed E-state index contributed by atoms with van der Waals surface area (Å²) in [6.07, 6.45) is 9.98. The van der Waals surface area contributed by atoms with E-state index in [1.807, 2.05) is 36.4 Å². The van der Waals surface area contributed by atoms with Gasteiger partial charge in [-0.1, -0.05) is 50.1 Å². The Morgan fingerprint density at radius 1 is 1.11 bits per heavy atom. The van der Waals surface area contributed by atoms with E-state index in [1.165, 1.54) is 12.4 Å². The average molecular weight is 355 g/mol. The molecule has 0 radical (unpaired) electrons. The van der Waals surface area contributed by atoms with E-state index >= 15 is 0 Å². The van der Waals surface area contributed by atoms with Gasteiger partial charge >= 0.3 is 0 Å². The highest BCUT2D eigenvalue weighted by atomic mass is 16.1. The first kappa shape index (κ1) is 18.0. The molecule has 3 aromatic rings. The molecule has 1 N–H and O–H groups in total. The summed E-state index contributed by atoms with van der Waals surface area (Å²) in [5, 5.41) is 3.71. The Hall–Kier alpha value is -3.79. The third-order valence-corrected chi connectivity index (χ3v) is 4.08. The molecule has 4 nitrogen and oxygen atoms in total. The summed E-state index contributed by atoms with van der Waals surface area (Å²) in [6, 6.07) is 11.7. The number of rotatable bonds is 6. The van der Waals surface area contributed by atoms with E-state index in [1.54, 1.807) is 18.3 Å². The van der Waals surface area contributed by atoms with Crippen LogP contribution in [0.4, 0.5) is 5.69 Å². The van der Waals surface area contributed by atoms with Crippen molar-refractivity contribution in [3.63, 3.8) is 0 Å². The van der Waals surface area contributed by atoms with Crippen LogP contribution in [0, 0.1) is 0 Å². The summed E-state index contributed by atoms with van der Waals surface area (Å²) < 4.78 is 0. The number of anilines is 1. The van der Waals surface area contributed by atoms with E-state index in [0.717, 1.165) is 33.2 Å². The number of hydrogen-bond acceptors (Lipinski definition) is 3. The van der Waals surface area contributed by atoms with Crippen molar-refractivity contribution in [1.82, 2.24) is 9.97 Å². The second-order valence-corrected chi connectivity index (χ2v) is 5.82. The van der Waals surface area contributed by atoms with E-state index in [4.69, 9.17) is 0 Å². The van der Waals surface area contributed by atoms with Gasteiger partial charge in [0.05, 0.1) is 5.52 Å². The lowest BCUT2D eigenvalue weighted by molar-refractivity contribution is -0.111. The molecule has 3 rings (SSSR count). The Bertz CT molecular complexity index is 1090. The molecule has 1 heterocycles. The van der Waals surface area contributed by atoms with Crippen LogP contribution in [0.3, 0.4) is 0 Å². The molecule has 0 aliphatic carbocycles. The SMILES string of the molecule is C=C/C=C(\C=C)c1cc(-c2cccc(NC(=O)C=C)c2)c2ncncc2c1.[HH]. The van der Waals surface area contributed by atoms with E-state index < -0.39 is 0 Å². The van der Waals surface area contributed by atoms with Crippen LogP contribution in [0.1, 0.15) is 6.99 Å². The molecule has 0 saturated carbocycles. The normalized spacial score (nSPS) is 11.0. The second-order valence-electron chi connectivity index (χ2n) is 5.82. The van der Waals surface area contributed by atoms with Crippen molar-refractivity contribution in [3.05, 3.63) is 98.5 Å². The van der Waals surface area contributed by atoms with Crippen LogP contribution in [-0.4, -0.2) is 15.9 Å². The minimum absolute atomic E-state index is 0. The van der Waals surface area contributed by atoms with Crippen LogP contribution in [-0.2, 0) is 4.79 Å². The average Bonchev–Trinajstić information content (AvgIpc) is 2.71. The molecule has 2 aromatic carbocycles. The summed E-state index contributed by atoms with van der Waals surface area (Å²) in [4.78, 5) is 20.2. The van der Waals surface area contributed by atoms with Crippen LogP contribution >= 0.6 is 0 Å². The Labute approximate surface area is 159 Å². The minimum Gasteiger partial charge on any atom is -0.323 e. The monoisotopic (exact) mass is 355 g/mol. The number of fused-ring (bicyclic) bond motifs is 1. The quantitative estimate of drug-likeness (QED) is 0.474. The van der Waals surface area contributed by atoms with Crippen LogP contribution in [0.2, 0.25) is 0 Å². The first-order valence-corrected chi connectivity index (χ1v) is 8.39. The molecular formula is C23H21N3O. The standard InChI is InChI=1S/C23H19N3O.H2/c1-4-8-16(5-2)18-11-19-14-24-15-25-23(19)21(13-18)17-9-7-10-20(12-17)26-22(27)6-3;/h4-15H,1-3H2,(H,26,27);1H/b16-8+;. The number of benzene rings is 2. The van der Waals surface area contributed by atoms with Gasteiger partial charge in [-0.15, -0.1) is 0 Å². The summed E-state index contributed by atoms with van der Waals surface area (Å²) >= 11 is 0. The Balaban J connectivity index is 0.00000280. The maximum atomic E-state index is 11.6. The highest BCUT2D eigenvalue weighted by molar-refractivity contribution is 6.00. The van der Waals surface area contributed by atoms with Crippen molar-refractivity contribution in [2.75, 3.05) is 5.32 Å². The zero-order valence-corrected chi connectivity index (χ0v) is 14.9. The fraction of sp³-hybridized carbons (Fsp3) is 0. The minimum atomic E-state index is -0.254. The first-order chi connectivity index (χ1) is 13.2. The zero-order valence-electron chi connectivity index (χ0n) is 14.9. The third kappa shape index (κ3) is 3.90. The molecule has 27 heavy (non-hydrogen) atoms. The van der Waals surface area contributed by atoms with Gasteiger partial charge in [0, 0.05) is 24.3 Å². The van der Waals surface area contributed by atoms with Crippen LogP contribution in [0.5, 0.6) is 0 Å². The number of aromatic nitrogens is 2. The number of amides is 1. The molecular weight excluding hydrogens is 334 g/mol. The third-order valence-electron chi connectivity index (χ3n) is 4.08. The molecule has 4 heteroatoms. The van der Waals surface area contributed by atoms with Gasteiger partial charge in [-0.05, 0) is 47.0 Å². The van der Waals surface area contributed by atoms with Gasteiger partial charge < -0.3 is 5.32 Å². The number of nitrogens with zero attached hydrogens (tertiary/aromatic N) is 2. The van der Waals surface area contributed by atoms with E-state index in [9.17, 15) is 4.79 Å². The van der Waals surface area contributed by atoms with E-state index in [2.05, 4.69) is 41.1 Å². The van der Waals surface area contributed by atoms with Gasteiger partial charge in [0.15, 0.2) is 0 Å². The van der Waals surface area contributed by atoms with Gasteiger partial charge in [-0.3, -0.25) is 4.79 Å². The van der Waals surface area contributed by atoms with Gasteiger partial charge in [-0.2, -0.15) is 0 Å². The highest BCUT2D eigenvalue weighted by Crippen LogP contribution is 2.32. The molecule has 0 atom stereocenters. The van der Waals surface area contributed by atoms with Gasteiger partial charge in [0.25, 0.3) is 0 Å². The van der Waals surface area contributed by atoms with Crippen molar-refractivity contribution in [1.29, 1.82) is 0 Å². The number of hydrogen-bond donors (Lipinski definition) is 1. The molecule has 0 bridgehead atoms. The second kappa shape index (κ2) is 8.06. The Morgan fingerprint density at radius 3 is 2.70 bits per heavy atom. The van der Waals surface area contributed by atoms with Crippen LogP contribution < -0.4 is 5.32 Å². The van der Waals surface area contributed by atoms with Crippen LogP contribution in [0.15, 0.2) is 93.0 Å². The molecule has 1 amide bonds. The smallest absolute Gasteiger partial charge is 0.247 e. The van der Waals surface area contributed by atoms with Crippen molar-refractivity contribution in [3.8, 4) is 11.1 Å². The van der Waals surface area contributed by atoms with Crippen molar-refractivity contribution < 1.29 is 6.22 Å². The first-order valence-electron chi connectivity index (χ1n) is 8.39. The predicted octanol–water partition coefficient (Wildman–Crippen LogP) is 5.42. The molecule has 134 valence electrons. The molecule has 0 saturated heterocycles. The fourth-order valence-corrected chi connectivity index (χ4v) is 2.86. The lowest BCUT2D eigenvalue weighted by Gasteiger charge is -2.12. The van der Waals surface area contributed by atoms with Gasteiger partial charge in [0.2, 0.25) is 5.91 Å². The Kier molecular flexibility index (Phi) is 5.38. The molecule has 0 aliphatic rings. The number of carbonyl (C=O) groups is 1. The molecule has 0 aliphatic heterocycles. The number of nitrogens with one attached hydrogen (secondary N) is 1. The van der Waals surface area contributed by atoms with Crippen molar-refractivity contribution in [2.24, 2.45) is 0 Å². The van der Waals surface area contributed by atoms with Crippen molar-refractivity contribution >= 4 is 28.1 Å².